The Balaban J connectivity index is 1.71. The molecule has 5 heteroatoms. The summed E-state index contributed by atoms with van der Waals surface area (Å²) in [5.41, 5.74) is 0. The fourth-order valence-corrected chi connectivity index (χ4v) is 4.35. The van der Waals surface area contributed by atoms with Crippen LogP contribution in [0.5, 0.6) is 0 Å². The van der Waals surface area contributed by atoms with E-state index in [2.05, 4.69) is 11.8 Å². The van der Waals surface area contributed by atoms with E-state index in [0.717, 1.165) is 23.3 Å². The molecule has 0 radical (unpaired) electrons. The molecule has 0 bridgehead atoms. The zero-order valence-electron chi connectivity index (χ0n) is 13.3. The largest absolute Gasteiger partial charge is 0.357 e. The Labute approximate surface area is 138 Å². The zero-order valence-corrected chi connectivity index (χ0v) is 15.0. The molecule has 1 amide bonds. The standard InChI is InChI=1S/C16H28N2OS2/c1-13-8-10-18(11-9-13)16(20)21-12-15(19)17(2)14-6-4-3-5-7-14/h13-14H,3-12H2,1-2H3. The van der Waals surface area contributed by atoms with Gasteiger partial charge in [-0.3, -0.25) is 4.79 Å². The predicted molar refractivity (Wildman–Crippen MR) is 94.7 cm³/mol. The first kappa shape index (κ1) is 17.1. The number of amides is 1. The second kappa shape index (κ2) is 8.37. The maximum atomic E-state index is 12.3. The van der Waals surface area contributed by atoms with Crippen LogP contribution in [0.15, 0.2) is 0 Å². The molecule has 1 saturated carbocycles. The van der Waals surface area contributed by atoms with Crippen LogP contribution < -0.4 is 0 Å². The van der Waals surface area contributed by atoms with Gasteiger partial charge < -0.3 is 9.80 Å². The van der Waals surface area contributed by atoms with Gasteiger partial charge in [0, 0.05) is 26.2 Å². The lowest BCUT2D eigenvalue weighted by Crippen LogP contribution is -2.40. The molecule has 1 aliphatic heterocycles. The van der Waals surface area contributed by atoms with Crippen LogP contribution in [0.25, 0.3) is 0 Å². The van der Waals surface area contributed by atoms with Crippen LogP contribution in [0.4, 0.5) is 0 Å². The highest BCUT2D eigenvalue weighted by atomic mass is 32.2. The summed E-state index contributed by atoms with van der Waals surface area (Å²) in [6.45, 7) is 4.41. The maximum Gasteiger partial charge on any atom is 0.233 e. The topological polar surface area (TPSA) is 23.6 Å². The van der Waals surface area contributed by atoms with Crippen molar-refractivity contribution in [2.75, 3.05) is 25.9 Å². The molecule has 0 atom stereocenters. The van der Waals surface area contributed by atoms with E-state index in [-0.39, 0.29) is 5.91 Å². The van der Waals surface area contributed by atoms with E-state index < -0.39 is 0 Å². The number of piperidine rings is 1. The first-order valence-corrected chi connectivity index (χ1v) is 9.64. The summed E-state index contributed by atoms with van der Waals surface area (Å²) >= 11 is 7.04. The number of nitrogens with zero attached hydrogens (tertiary/aromatic N) is 2. The van der Waals surface area contributed by atoms with Crippen LogP contribution in [-0.2, 0) is 4.79 Å². The fourth-order valence-electron chi connectivity index (χ4n) is 3.18. The first-order chi connectivity index (χ1) is 10.1. The van der Waals surface area contributed by atoms with E-state index in [9.17, 15) is 4.79 Å². The third kappa shape index (κ3) is 5.13. The predicted octanol–water partition coefficient (Wildman–Crippen LogP) is 3.53. The van der Waals surface area contributed by atoms with Crippen molar-refractivity contribution in [1.29, 1.82) is 0 Å². The SMILES string of the molecule is CC1CCN(C(=S)SCC(=O)N(C)C2CCCCC2)CC1. The maximum absolute atomic E-state index is 12.3. The lowest BCUT2D eigenvalue weighted by atomic mass is 9.94. The summed E-state index contributed by atoms with van der Waals surface area (Å²) in [7, 11) is 1.96. The minimum Gasteiger partial charge on any atom is -0.357 e. The van der Waals surface area contributed by atoms with Gasteiger partial charge in [-0.05, 0) is 31.6 Å². The Morgan fingerprint density at radius 3 is 2.43 bits per heavy atom. The lowest BCUT2D eigenvalue weighted by molar-refractivity contribution is -0.129. The van der Waals surface area contributed by atoms with Crippen molar-refractivity contribution in [1.82, 2.24) is 9.80 Å². The summed E-state index contributed by atoms with van der Waals surface area (Å²) in [5.74, 6) is 1.55. The van der Waals surface area contributed by atoms with Gasteiger partial charge in [0.1, 0.15) is 4.32 Å². The first-order valence-electron chi connectivity index (χ1n) is 8.25. The van der Waals surface area contributed by atoms with Crippen molar-refractivity contribution < 1.29 is 4.79 Å². The number of hydrogen-bond acceptors (Lipinski definition) is 3. The molecule has 0 aromatic heterocycles. The van der Waals surface area contributed by atoms with Gasteiger partial charge in [-0.2, -0.15) is 0 Å². The second-order valence-electron chi connectivity index (χ2n) is 6.52. The van der Waals surface area contributed by atoms with E-state index in [1.807, 2.05) is 11.9 Å². The van der Waals surface area contributed by atoms with Crippen molar-refractivity contribution in [2.45, 2.75) is 57.9 Å². The van der Waals surface area contributed by atoms with Crippen molar-refractivity contribution in [3.8, 4) is 0 Å². The highest BCUT2D eigenvalue weighted by Gasteiger charge is 2.23. The van der Waals surface area contributed by atoms with Gasteiger partial charge in [-0.1, -0.05) is 50.2 Å². The smallest absolute Gasteiger partial charge is 0.233 e. The minimum atomic E-state index is 0.236. The highest BCUT2D eigenvalue weighted by molar-refractivity contribution is 8.23. The molecule has 0 aromatic rings. The number of rotatable bonds is 3. The van der Waals surface area contributed by atoms with Crippen LogP contribution in [0.2, 0.25) is 0 Å². The van der Waals surface area contributed by atoms with E-state index in [0.29, 0.717) is 11.8 Å². The van der Waals surface area contributed by atoms with Gasteiger partial charge in [-0.25, -0.2) is 0 Å². The van der Waals surface area contributed by atoms with Crippen molar-refractivity contribution in [2.24, 2.45) is 5.92 Å². The summed E-state index contributed by atoms with van der Waals surface area (Å²) in [4.78, 5) is 16.5. The van der Waals surface area contributed by atoms with E-state index in [4.69, 9.17) is 12.2 Å². The van der Waals surface area contributed by atoms with Gasteiger partial charge in [0.25, 0.3) is 0 Å². The monoisotopic (exact) mass is 328 g/mol. The number of thioether (sulfide) groups is 1. The average Bonchev–Trinajstić information content (AvgIpc) is 2.53. The minimum absolute atomic E-state index is 0.236. The Morgan fingerprint density at radius 2 is 1.81 bits per heavy atom. The number of hydrogen-bond donors (Lipinski definition) is 0. The third-order valence-electron chi connectivity index (χ3n) is 4.88. The molecule has 0 N–H and O–H groups in total. The van der Waals surface area contributed by atoms with Gasteiger partial charge in [0.05, 0.1) is 5.75 Å². The molecule has 1 saturated heterocycles. The van der Waals surface area contributed by atoms with Crippen LogP contribution in [0.1, 0.15) is 51.9 Å². The highest BCUT2D eigenvalue weighted by Crippen LogP contribution is 2.23. The van der Waals surface area contributed by atoms with E-state index in [1.54, 1.807) is 11.8 Å². The molecule has 21 heavy (non-hydrogen) atoms. The third-order valence-corrected chi connectivity index (χ3v) is 6.38. The Bertz CT molecular complexity index is 361. The number of thiocarbonyl (C=S) groups is 1. The van der Waals surface area contributed by atoms with Gasteiger partial charge in [0.2, 0.25) is 5.91 Å². The molecule has 2 aliphatic rings. The average molecular weight is 329 g/mol. The van der Waals surface area contributed by atoms with Crippen molar-refractivity contribution in [3.05, 3.63) is 0 Å². The van der Waals surface area contributed by atoms with Gasteiger partial charge in [0.15, 0.2) is 0 Å². The summed E-state index contributed by atoms with van der Waals surface area (Å²) in [6, 6.07) is 0.455. The zero-order chi connectivity index (χ0) is 15.2. The van der Waals surface area contributed by atoms with Crippen LogP contribution in [0.3, 0.4) is 0 Å². The van der Waals surface area contributed by atoms with Crippen LogP contribution in [-0.4, -0.2) is 52.0 Å². The molecular weight excluding hydrogens is 300 g/mol. The number of carbonyl (C=O) groups excluding carboxylic acids is 1. The number of likely N-dealkylation sites (tertiary alicyclic amines) is 1. The van der Waals surface area contributed by atoms with Crippen LogP contribution in [0, 0.1) is 5.92 Å². The molecule has 1 heterocycles. The Hall–Kier alpha value is -0.290. The fraction of sp³-hybridized carbons (Fsp3) is 0.875. The quantitative estimate of drug-likeness (QED) is 0.740. The molecule has 3 nitrogen and oxygen atoms in total. The molecule has 2 fully saturated rings. The normalized spacial score (nSPS) is 21.3. The number of carbonyl (C=O) groups is 1. The molecular formula is C16H28N2OS2. The summed E-state index contributed by atoms with van der Waals surface area (Å²) in [5, 5.41) is 0. The van der Waals surface area contributed by atoms with Crippen molar-refractivity contribution in [3.63, 3.8) is 0 Å². The van der Waals surface area contributed by atoms with Gasteiger partial charge in [-0.15, -0.1) is 0 Å². The van der Waals surface area contributed by atoms with E-state index in [1.165, 1.54) is 44.9 Å². The Morgan fingerprint density at radius 1 is 1.19 bits per heavy atom. The summed E-state index contributed by atoms with van der Waals surface area (Å²) in [6.07, 6.45) is 8.63. The lowest BCUT2D eigenvalue weighted by Gasteiger charge is -2.33. The molecule has 0 spiro atoms. The molecule has 2 rings (SSSR count). The van der Waals surface area contributed by atoms with Crippen LogP contribution >= 0.6 is 24.0 Å². The molecule has 1 aliphatic carbocycles. The molecule has 120 valence electrons. The Kier molecular flexibility index (Phi) is 6.80. The van der Waals surface area contributed by atoms with Gasteiger partial charge >= 0.3 is 0 Å². The van der Waals surface area contributed by atoms with E-state index >= 15 is 0 Å². The second-order valence-corrected chi connectivity index (χ2v) is 8.13. The van der Waals surface area contributed by atoms with Crippen molar-refractivity contribution >= 4 is 34.2 Å². The summed E-state index contributed by atoms with van der Waals surface area (Å²) < 4.78 is 0.910. The molecule has 0 unspecified atom stereocenters. The molecule has 0 aromatic carbocycles.